The Morgan fingerprint density at radius 2 is 1.30 bits per heavy atom. The molecule has 17 heteroatoms. The van der Waals surface area contributed by atoms with E-state index in [9.17, 15) is 50.8 Å². The summed E-state index contributed by atoms with van der Waals surface area (Å²) >= 11 is 0. The first kappa shape index (κ1) is 48.2. The summed E-state index contributed by atoms with van der Waals surface area (Å²) in [4.78, 5) is 13.8. The summed E-state index contributed by atoms with van der Waals surface area (Å²) in [6, 6.07) is 0. The summed E-state index contributed by atoms with van der Waals surface area (Å²) in [5, 5.41) is 98.7. The van der Waals surface area contributed by atoms with Gasteiger partial charge in [0.05, 0.1) is 31.5 Å². The van der Waals surface area contributed by atoms with Gasteiger partial charge >= 0.3 is 0 Å². The van der Waals surface area contributed by atoms with E-state index in [1.165, 1.54) is 13.2 Å². The van der Waals surface area contributed by atoms with E-state index in [4.69, 9.17) is 33.2 Å². The molecule has 4 saturated carbocycles. The van der Waals surface area contributed by atoms with Gasteiger partial charge < -0.3 is 83.9 Å². The number of allylic oxidation sites excluding steroid dienone is 1. The van der Waals surface area contributed by atoms with Gasteiger partial charge in [-0.2, -0.15) is 0 Å². The molecule has 24 unspecified atom stereocenters. The van der Waals surface area contributed by atoms with E-state index in [-0.39, 0.29) is 53.8 Å². The third kappa shape index (κ3) is 7.73. The highest BCUT2D eigenvalue weighted by molar-refractivity contribution is 5.62. The normalized spacial score (nSPS) is 55.6. The summed E-state index contributed by atoms with van der Waals surface area (Å²) in [6.07, 6.45) is -11.5. The molecule has 0 spiro atoms. The minimum Gasteiger partial charge on any atom is -0.388 e. The molecule has 9 N–H and O–H groups in total. The van der Waals surface area contributed by atoms with Gasteiger partial charge in [0.15, 0.2) is 25.2 Å². The molecule has 4 aliphatic carbocycles. The van der Waals surface area contributed by atoms with Crippen LogP contribution in [0, 0.1) is 45.3 Å². The van der Waals surface area contributed by atoms with Gasteiger partial charge in [-0.1, -0.05) is 39.3 Å². The van der Waals surface area contributed by atoms with Gasteiger partial charge in [0, 0.05) is 11.8 Å². The Hall–Kier alpha value is -1.23. The molecule has 360 valence electrons. The van der Waals surface area contributed by atoms with Crippen molar-refractivity contribution in [3.63, 3.8) is 0 Å². The van der Waals surface area contributed by atoms with Gasteiger partial charge in [0.2, 0.25) is 0 Å². The van der Waals surface area contributed by atoms with Crippen LogP contribution in [0.15, 0.2) is 11.6 Å². The van der Waals surface area contributed by atoms with Gasteiger partial charge in [-0.25, -0.2) is 0 Å². The molecule has 63 heavy (non-hydrogen) atoms. The van der Waals surface area contributed by atoms with Gasteiger partial charge in [0.1, 0.15) is 66.8 Å². The Morgan fingerprint density at radius 1 is 0.635 bits per heavy atom. The third-order valence-electron chi connectivity index (χ3n) is 18.1. The highest BCUT2D eigenvalue weighted by Gasteiger charge is 2.72. The fraction of sp³-hybridized carbons (Fsp3) is 0.935. The number of carbonyl (C=O) groups excluding carboxylic acids is 1. The van der Waals surface area contributed by atoms with E-state index in [0.717, 1.165) is 44.1 Å². The molecule has 0 aromatic heterocycles. The average Bonchev–Trinajstić information content (AvgIpc) is 3.73. The van der Waals surface area contributed by atoms with Crippen LogP contribution in [0.25, 0.3) is 0 Å². The Morgan fingerprint density at radius 3 is 2.00 bits per heavy atom. The predicted octanol–water partition coefficient (Wildman–Crippen LogP) is 0.794. The minimum atomic E-state index is -1.73. The van der Waals surface area contributed by atoms with Crippen LogP contribution in [0.1, 0.15) is 106 Å². The number of ether oxygens (including phenoxy) is 7. The zero-order valence-electron chi connectivity index (χ0n) is 37.8. The van der Waals surface area contributed by atoms with Gasteiger partial charge in [-0.15, -0.1) is 0 Å². The molecular weight excluding hydrogens is 824 g/mol. The van der Waals surface area contributed by atoms with Crippen molar-refractivity contribution in [1.29, 1.82) is 0 Å². The number of aliphatic hydroxyl groups excluding tert-OH is 8. The zero-order valence-corrected chi connectivity index (χ0v) is 37.8. The second-order valence-electron chi connectivity index (χ2n) is 21.9. The molecule has 8 aliphatic rings. The molecular formula is C46H74O17. The highest BCUT2D eigenvalue weighted by Crippen LogP contribution is 2.76. The lowest BCUT2D eigenvalue weighted by Crippen LogP contribution is -2.66. The van der Waals surface area contributed by atoms with E-state index in [2.05, 4.69) is 27.7 Å². The van der Waals surface area contributed by atoms with Crippen LogP contribution >= 0.6 is 0 Å². The van der Waals surface area contributed by atoms with Crippen LogP contribution in [0.2, 0.25) is 0 Å². The van der Waals surface area contributed by atoms with Crippen LogP contribution in [0.4, 0.5) is 0 Å². The molecule has 0 amide bonds. The maximum Gasteiger partial charge on any atom is 0.187 e. The van der Waals surface area contributed by atoms with Crippen molar-refractivity contribution in [1.82, 2.24) is 0 Å². The van der Waals surface area contributed by atoms with E-state index in [1.807, 2.05) is 19.9 Å². The van der Waals surface area contributed by atoms with Crippen molar-refractivity contribution in [3.8, 4) is 0 Å². The summed E-state index contributed by atoms with van der Waals surface area (Å²) in [7, 11) is 0. The Kier molecular flexibility index (Phi) is 13.3. The standard InChI is InChI=1S/C46H74O17/c1-21(2)16-23-17-46(56,41(55)60-23)25-10-13-43(6)24(25)8-9-29-44(43,7)14-11-28-42(4,5)30(12-15-45(28,29)20-47)61-38-35(54)36(27(49)19-57-38)62-40-37(32(51)26(48)18-58-40)63-39-34(53)33(52)31(50)22(3)59-39/h16,20,22-41,48-56H,8-15,17-19H2,1-7H3. The lowest BCUT2D eigenvalue weighted by molar-refractivity contribution is -0.375. The molecule has 4 saturated heterocycles. The first-order chi connectivity index (χ1) is 29.5. The van der Waals surface area contributed by atoms with Gasteiger partial charge in [0.25, 0.3) is 0 Å². The number of hydrogen-bond donors (Lipinski definition) is 9. The number of carbonyl (C=O) groups is 1. The minimum absolute atomic E-state index is 0.0599. The van der Waals surface area contributed by atoms with Crippen molar-refractivity contribution >= 4 is 6.29 Å². The second-order valence-corrected chi connectivity index (χ2v) is 21.9. The van der Waals surface area contributed by atoms with E-state index in [1.54, 1.807) is 0 Å². The molecule has 24 atom stereocenters. The molecule has 0 aromatic carbocycles. The lowest BCUT2D eigenvalue weighted by Gasteiger charge is -2.69. The summed E-state index contributed by atoms with van der Waals surface area (Å²) in [5.41, 5.74) is -1.86. The highest BCUT2D eigenvalue weighted by atomic mass is 16.8. The molecule has 0 aromatic rings. The van der Waals surface area contributed by atoms with Crippen LogP contribution in [0.5, 0.6) is 0 Å². The van der Waals surface area contributed by atoms with Gasteiger partial charge in [-0.3, -0.25) is 0 Å². The number of aliphatic hydroxyl groups is 9. The maximum atomic E-state index is 13.8. The zero-order chi connectivity index (χ0) is 45.8. The Labute approximate surface area is 370 Å². The maximum absolute atomic E-state index is 13.8. The summed E-state index contributed by atoms with van der Waals surface area (Å²) in [6.45, 7) is 13.7. The average molecular weight is 899 g/mol. The number of fused-ring (bicyclic) bond motifs is 5. The lowest BCUT2D eigenvalue weighted by atomic mass is 9.35. The Bertz CT molecular complexity index is 1680. The summed E-state index contributed by atoms with van der Waals surface area (Å²) < 4.78 is 41.7. The third-order valence-corrected chi connectivity index (χ3v) is 18.1. The summed E-state index contributed by atoms with van der Waals surface area (Å²) in [5.74, 6) is 0.0500. The van der Waals surface area contributed by atoms with Crippen LogP contribution in [0.3, 0.4) is 0 Å². The van der Waals surface area contributed by atoms with E-state index in [0.29, 0.717) is 19.3 Å². The molecule has 8 rings (SSSR count). The number of hydrogen-bond acceptors (Lipinski definition) is 17. The van der Waals surface area contributed by atoms with Crippen LogP contribution in [-0.4, -0.2) is 169 Å². The van der Waals surface area contributed by atoms with Crippen molar-refractivity contribution in [2.24, 2.45) is 45.3 Å². The van der Waals surface area contributed by atoms with Crippen molar-refractivity contribution < 1.29 is 83.9 Å². The number of rotatable bonds is 9. The molecule has 8 fully saturated rings. The van der Waals surface area contributed by atoms with Crippen molar-refractivity contribution in [2.75, 3.05) is 13.2 Å². The first-order valence-electron chi connectivity index (χ1n) is 23.3. The largest absolute Gasteiger partial charge is 0.388 e. The van der Waals surface area contributed by atoms with Crippen LogP contribution in [-0.2, 0) is 38.0 Å². The fourth-order valence-corrected chi connectivity index (χ4v) is 14.6. The fourth-order valence-electron chi connectivity index (χ4n) is 14.6. The molecule has 0 radical (unpaired) electrons. The van der Waals surface area contributed by atoms with Crippen LogP contribution < -0.4 is 0 Å². The van der Waals surface area contributed by atoms with Crippen molar-refractivity contribution in [2.45, 2.75) is 210 Å². The van der Waals surface area contributed by atoms with Crippen molar-refractivity contribution in [3.05, 3.63) is 11.6 Å². The number of aldehydes is 1. The quantitative estimate of drug-likeness (QED) is 0.0881. The molecule has 17 nitrogen and oxygen atoms in total. The molecule has 4 aliphatic heterocycles. The molecule has 4 heterocycles. The Balaban J connectivity index is 0.961. The predicted molar refractivity (Wildman–Crippen MR) is 220 cm³/mol. The first-order valence-corrected chi connectivity index (χ1v) is 23.3. The van der Waals surface area contributed by atoms with Gasteiger partial charge in [-0.05, 0) is 112 Å². The molecule has 0 bridgehead atoms. The SMILES string of the molecule is CC(C)=CC1CC(O)(C2CCC3(C)C2CCC2C4(C=O)CCC(OC5OCC(O)C(OC6OCC(O)C(O)C6OC6OC(C)C(O)C(O)C6O)C5O)C(C)(C)C4CCC23C)C(O)O1. The van der Waals surface area contributed by atoms with E-state index >= 15 is 0 Å². The topological polar surface area (TPSA) is 264 Å². The smallest absolute Gasteiger partial charge is 0.187 e. The monoisotopic (exact) mass is 898 g/mol. The second kappa shape index (κ2) is 17.4. The van der Waals surface area contributed by atoms with E-state index < -0.39 is 109 Å².